The van der Waals surface area contributed by atoms with Crippen LogP contribution in [-0.2, 0) is 4.79 Å². The molecule has 0 fully saturated rings. The number of allylic oxidation sites excluding steroid dienone is 2. The Kier molecular flexibility index (Phi) is 8.36. The molecule has 0 unspecified atom stereocenters. The number of aliphatic hydroxyl groups excluding tert-OH is 2. The molecule has 4 nitrogen and oxygen atoms in total. The van der Waals surface area contributed by atoms with Crippen molar-refractivity contribution < 1.29 is 20.1 Å². The van der Waals surface area contributed by atoms with E-state index in [0.717, 1.165) is 25.3 Å². The molecule has 0 amide bonds. The third-order valence-electron chi connectivity index (χ3n) is 2.42. The molecule has 0 aliphatic rings. The van der Waals surface area contributed by atoms with Crippen LogP contribution >= 0.6 is 0 Å². The minimum absolute atomic E-state index is 0.557. The lowest BCUT2D eigenvalue weighted by Crippen LogP contribution is -2.23. The molecule has 98 valence electrons. The second kappa shape index (κ2) is 8.96. The first-order valence-corrected chi connectivity index (χ1v) is 5.93. The lowest BCUT2D eigenvalue weighted by Gasteiger charge is -2.14. The largest absolute Gasteiger partial charge is 0.478 e. The summed E-state index contributed by atoms with van der Waals surface area (Å²) in [5.74, 6) is -1.03. The van der Waals surface area contributed by atoms with Crippen LogP contribution in [0.5, 0.6) is 0 Å². The minimum atomic E-state index is -1.03. The van der Waals surface area contributed by atoms with Crippen LogP contribution in [0, 0.1) is 0 Å². The Hall–Kier alpha value is -1.13. The Bertz CT molecular complexity index is 281. The zero-order chi connectivity index (χ0) is 13.3. The van der Waals surface area contributed by atoms with E-state index in [2.05, 4.69) is 6.92 Å². The van der Waals surface area contributed by atoms with Gasteiger partial charge in [0.15, 0.2) is 0 Å². The van der Waals surface area contributed by atoms with Gasteiger partial charge in [-0.1, -0.05) is 43.9 Å². The number of unbranched alkanes of at least 4 members (excludes halogenated alkanes) is 2. The summed E-state index contributed by atoms with van der Waals surface area (Å²) in [6, 6.07) is 0. The number of hydrogen-bond acceptors (Lipinski definition) is 3. The maximum absolute atomic E-state index is 10.3. The molecule has 17 heavy (non-hydrogen) atoms. The molecule has 0 aliphatic carbocycles. The van der Waals surface area contributed by atoms with E-state index in [1.807, 2.05) is 0 Å². The molecule has 0 aliphatic heterocycles. The van der Waals surface area contributed by atoms with E-state index in [4.69, 9.17) is 5.11 Å². The van der Waals surface area contributed by atoms with Crippen LogP contribution in [0.2, 0.25) is 0 Å². The Morgan fingerprint density at radius 2 is 1.88 bits per heavy atom. The third kappa shape index (κ3) is 8.65. The molecule has 0 heterocycles. The SMILES string of the molecule is CCCCC[C@H](O)[C@H](O)/C=C(C)/C=C/C(=O)O. The number of rotatable bonds is 8. The monoisotopic (exact) mass is 242 g/mol. The molecule has 0 spiro atoms. The molecule has 3 N–H and O–H groups in total. The zero-order valence-corrected chi connectivity index (χ0v) is 10.5. The van der Waals surface area contributed by atoms with E-state index < -0.39 is 18.2 Å². The number of carbonyl (C=O) groups is 1. The molecule has 4 heteroatoms. The highest BCUT2D eigenvalue weighted by Crippen LogP contribution is 2.09. The van der Waals surface area contributed by atoms with Gasteiger partial charge >= 0.3 is 5.97 Å². The van der Waals surface area contributed by atoms with Gasteiger partial charge in [-0.15, -0.1) is 0 Å². The smallest absolute Gasteiger partial charge is 0.328 e. The van der Waals surface area contributed by atoms with Gasteiger partial charge in [0.05, 0.1) is 12.2 Å². The van der Waals surface area contributed by atoms with Crippen LogP contribution in [0.1, 0.15) is 39.5 Å². The molecular formula is C13H22O4. The van der Waals surface area contributed by atoms with Crippen LogP contribution in [0.3, 0.4) is 0 Å². The number of aliphatic carboxylic acids is 1. The van der Waals surface area contributed by atoms with Crippen molar-refractivity contribution in [3.63, 3.8) is 0 Å². The first kappa shape index (κ1) is 15.9. The molecule has 0 aromatic rings. The summed E-state index contributed by atoms with van der Waals surface area (Å²) in [7, 11) is 0. The topological polar surface area (TPSA) is 77.8 Å². The van der Waals surface area contributed by atoms with Crippen molar-refractivity contribution in [1.82, 2.24) is 0 Å². The van der Waals surface area contributed by atoms with E-state index in [0.29, 0.717) is 12.0 Å². The minimum Gasteiger partial charge on any atom is -0.478 e. The predicted octanol–water partition coefficient (Wildman–Crippen LogP) is 1.88. The van der Waals surface area contributed by atoms with Crippen molar-refractivity contribution in [3.8, 4) is 0 Å². The normalized spacial score (nSPS) is 16.1. The van der Waals surface area contributed by atoms with Gasteiger partial charge in [0.25, 0.3) is 0 Å². The summed E-state index contributed by atoms with van der Waals surface area (Å²) in [6.45, 7) is 3.75. The fourth-order valence-electron chi connectivity index (χ4n) is 1.41. The third-order valence-corrected chi connectivity index (χ3v) is 2.42. The second-order valence-electron chi connectivity index (χ2n) is 4.14. The Morgan fingerprint density at radius 3 is 2.41 bits per heavy atom. The fraction of sp³-hybridized carbons (Fsp3) is 0.615. The zero-order valence-electron chi connectivity index (χ0n) is 10.5. The van der Waals surface area contributed by atoms with E-state index >= 15 is 0 Å². The lowest BCUT2D eigenvalue weighted by atomic mass is 10.0. The summed E-state index contributed by atoms with van der Waals surface area (Å²) in [6.07, 6.45) is 5.68. The number of aliphatic hydroxyl groups is 2. The van der Waals surface area contributed by atoms with E-state index in [9.17, 15) is 15.0 Å². The van der Waals surface area contributed by atoms with Crippen molar-refractivity contribution in [2.45, 2.75) is 51.7 Å². The Balaban J connectivity index is 4.16. The van der Waals surface area contributed by atoms with Crippen molar-refractivity contribution >= 4 is 5.97 Å². The van der Waals surface area contributed by atoms with Gasteiger partial charge in [-0.3, -0.25) is 0 Å². The first-order chi connectivity index (χ1) is 7.97. The maximum atomic E-state index is 10.3. The molecule has 0 rings (SSSR count). The fourth-order valence-corrected chi connectivity index (χ4v) is 1.41. The molecule has 0 radical (unpaired) electrons. The molecule has 0 aromatic carbocycles. The van der Waals surface area contributed by atoms with Gasteiger partial charge in [0.2, 0.25) is 0 Å². The summed E-state index contributed by atoms with van der Waals surface area (Å²) in [5.41, 5.74) is 0.620. The predicted molar refractivity (Wildman–Crippen MR) is 66.7 cm³/mol. The quantitative estimate of drug-likeness (QED) is 0.345. The number of hydrogen-bond donors (Lipinski definition) is 3. The van der Waals surface area contributed by atoms with Gasteiger partial charge in [0, 0.05) is 6.08 Å². The maximum Gasteiger partial charge on any atom is 0.328 e. The van der Waals surface area contributed by atoms with Gasteiger partial charge in [-0.25, -0.2) is 4.79 Å². The lowest BCUT2D eigenvalue weighted by molar-refractivity contribution is -0.131. The van der Waals surface area contributed by atoms with Gasteiger partial charge in [0.1, 0.15) is 0 Å². The molecular weight excluding hydrogens is 220 g/mol. The van der Waals surface area contributed by atoms with Crippen molar-refractivity contribution in [3.05, 3.63) is 23.8 Å². The average molecular weight is 242 g/mol. The molecule has 0 saturated carbocycles. The number of carboxylic acids is 1. The summed E-state index contributed by atoms with van der Waals surface area (Å²) in [4.78, 5) is 10.3. The van der Waals surface area contributed by atoms with Crippen LogP contribution in [0.25, 0.3) is 0 Å². The highest BCUT2D eigenvalue weighted by atomic mass is 16.4. The van der Waals surface area contributed by atoms with E-state index in [1.165, 1.54) is 12.2 Å². The summed E-state index contributed by atoms with van der Waals surface area (Å²) >= 11 is 0. The van der Waals surface area contributed by atoms with Crippen LogP contribution in [-0.4, -0.2) is 33.5 Å². The molecule has 0 aromatic heterocycles. The van der Waals surface area contributed by atoms with Gasteiger partial charge in [-0.2, -0.15) is 0 Å². The van der Waals surface area contributed by atoms with Crippen molar-refractivity contribution in [1.29, 1.82) is 0 Å². The van der Waals surface area contributed by atoms with Crippen molar-refractivity contribution in [2.75, 3.05) is 0 Å². The average Bonchev–Trinajstić information content (AvgIpc) is 2.26. The second-order valence-corrected chi connectivity index (χ2v) is 4.14. The van der Waals surface area contributed by atoms with E-state index in [-0.39, 0.29) is 0 Å². The highest BCUT2D eigenvalue weighted by Gasteiger charge is 2.12. The molecule has 2 atom stereocenters. The standard InChI is InChI=1S/C13H22O4/c1-3-4-5-6-11(14)12(15)9-10(2)7-8-13(16)17/h7-9,11-12,14-15H,3-6H2,1-2H3,(H,16,17)/b8-7+,10-9+/t11-,12+/m0/s1. The highest BCUT2D eigenvalue weighted by molar-refractivity contribution is 5.80. The van der Waals surface area contributed by atoms with Crippen LogP contribution in [0.4, 0.5) is 0 Å². The van der Waals surface area contributed by atoms with Crippen LogP contribution in [0.15, 0.2) is 23.8 Å². The van der Waals surface area contributed by atoms with Gasteiger partial charge < -0.3 is 15.3 Å². The molecule has 0 saturated heterocycles. The van der Waals surface area contributed by atoms with Crippen molar-refractivity contribution in [2.24, 2.45) is 0 Å². The van der Waals surface area contributed by atoms with E-state index in [1.54, 1.807) is 6.92 Å². The summed E-state index contributed by atoms with van der Waals surface area (Å²) in [5, 5.41) is 27.7. The van der Waals surface area contributed by atoms with Gasteiger partial charge in [-0.05, 0) is 13.3 Å². The molecule has 0 bridgehead atoms. The summed E-state index contributed by atoms with van der Waals surface area (Å²) < 4.78 is 0. The Labute approximate surface area is 102 Å². The first-order valence-electron chi connectivity index (χ1n) is 5.93. The van der Waals surface area contributed by atoms with Crippen LogP contribution < -0.4 is 0 Å². The Morgan fingerprint density at radius 1 is 1.24 bits per heavy atom. The number of carboxylic acid groups (broad SMARTS) is 1.